The van der Waals surface area contributed by atoms with Crippen molar-refractivity contribution in [1.82, 2.24) is 9.88 Å². The summed E-state index contributed by atoms with van der Waals surface area (Å²) in [6.07, 6.45) is 4.54. The topological polar surface area (TPSA) is 62.7 Å². The van der Waals surface area contributed by atoms with Gasteiger partial charge in [-0.25, -0.2) is 4.79 Å². The van der Waals surface area contributed by atoms with E-state index < -0.39 is 6.09 Å². The number of ether oxygens (including phenoxy) is 1. The molecule has 0 saturated carbocycles. The molecule has 5 nitrogen and oxygen atoms in total. The van der Waals surface area contributed by atoms with Gasteiger partial charge in [-0.2, -0.15) is 0 Å². The molecule has 2 aliphatic heterocycles. The van der Waals surface area contributed by atoms with E-state index >= 15 is 0 Å². The van der Waals surface area contributed by atoms with E-state index in [0.717, 1.165) is 42.5 Å². The first-order valence-corrected chi connectivity index (χ1v) is 10.2. The monoisotopic (exact) mass is 388 g/mol. The van der Waals surface area contributed by atoms with Crippen LogP contribution in [0.15, 0.2) is 48.7 Å². The van der Waals surface area contributed by atoms with Gasteiger partial charge in [0.1, 0.15) is 11.4 Å². The number of nitrogens with zero attached hydrogens (tertiary/aromatic N) is 2. The number of aromatic nitrogens is 1. The Bertz CT molecular complexity index is 1100. The summed E-state index contributed by atoms with van der Waals surface area (Å²) in [6, 6.07) is 14.6. The first kappa shape index (κ1) is 18.0. The number of aryl methyl sites for hydroxylation is 2. The lowest BCUT2D eigenvalue weighted by atomic mass is 9.82. The zero-order chi connectivity index (χ0) is 20.0. The number of piperidine rings is 1. The molecule has 1 saturated heterocycles. The fraction of sp³-hybridized carbons (Fsp3) is 0.333. The SMILES string of the molecule is Cc1c(-c2ccc3c(c2)CCC2(CCN(C(=O)O)CC2)O3)cnc2ccccc12. The number of carboxylic acid groups (broad SMARTS) is 1. The molecular weight excluding hydrogens is 364 g/mol. The number of benzene rings is 2. The maximum absolute atomic E-state index is 11.2. The molecule has 2 aliphatic rings. The van der Waals surface area contributed by atoms with Gasteiger partial charge in [0.05, 0.1) is 5.52 Å². The highest BCUT2D eigenvalue weighted by Gasteiger charge is 2.40. The predicted molar refractivity (Wildman–Crippen MR) is 112 cm³/mol. The van der Waals surface area contributed by atoms with Crippen LogP contribution in [-0.2, 0) is 6.42 Å². The Kier molecular flexibility index (Phi) is 4.19. The van der Waals surface area contributed by atoms with Crippen molar-refractivity contribution in [3.05, 3.63) is 59.8 Å². The fourth-order valence-electron chi connectivity index (χ4n) is 4.72. The molecule has 1 aromatic heterocycles. The van der Waals surface area contributed by atoms with Crippen molar-refractivity contribution >= 4 is 17.0 Å². The number of amides is 1. The minimum atomic E-state index is -0.833. The lowest BCUT2D eigenvalue weighted by molar-refractivity contribution is -0.0103. The van der Waals surface area contributed by atoms with E-state index in [1.165, 1.54) is 27.0 Å². The van der Waals surface area contributed by atoms with Crippen LogP contribution in [0.2, 0.25) is 0 Å². The van der Waals surface area contributed by atoms with Crippen LogP contribution in [-0.4, -0.2) is 39.8 Å². The molecule has 0 atom stereocenters. The largest absolute Gasteiger partial charge is 0.487 e. The van der Waals surface area contributed by atoms with Crippen molar-refractivity contribution in [1.29, 1.82) is 0 Å². The van der Waals surface area contributed by atoms with Crippen LogP contribution in [0.5, 0.6) is 5.75 Å². The second-order valence-corrected chi connectivity index (χ2v) is 8.19. The van der Waals surface area contributed by atoms with Crippen LogP contribution in [0.3, 0.4) is 0 Å². The predicted octanol–water partition coefficient (Wildman–Crippen LogP) is 5.05. The second-order valence-electron chi connectivity index (χ2n) is 8.19. The Morgan fingerprint density at radius 1 is 1.14 bits per heavy atom. The Labute approximate surface area is 169 Å². The van der Waals surface area contributed by atoms with Crippen molar-refractivity contribution < 1.29 is 14.6 Å². The summed E-state index contributed by atoms with van der Waals surface area (Å²) in [5.41, 5.74) is 5.58. The third-order valence-corrected chi connectivity index (χ3v) is 6.54. The molecular formula is C24H24N2O3. The number of hydrogen-bond acceptors (Lipinski definition) is 3. The van der Waals surface area contributed by atoms with Gasteiger partial charge < -0.3 is 14.7 Å². The van der Waals surface area contributed by atoms with Gasteiger partial charge in [-0.15, -0.1) is 0 Å². The minimum Gasteiger partial charge on any atom is -0.487 e. The van der Waals surface area contributed by atoms with Gasteiger partial charge in [-0.05, 0) is 54.7 Å². The van der Waals surface area contributed by atoms with Gasteiger partial charge in [-0.3, -0.25) is 4.98 Å². The Balaban J connectivity index is 1.42. The molecule has 0 bridgehead atoms. The molecule has 1 spiro atoms. The number of pyridine rings is 1. The number of hydrogen-bond donors (Lipinski definition) is 1. The minimum absolute atomic E-state index is 0.221. The van der Waals surface area contributed by atoms with Crippen LogP contribution < -0.4 is 4.74 Å². The van der Waals surface area contributed by atoms with Crippen molar-refractivity contribution in [2.24, 2.45) is 0 Å². The summed E-state index contributed by atoms with van der Waals surface area (Å²) >= 11 is 0. The molecule has 3 aromatic rings. The summed E-state index contributed by atoms with van der Waals surface area (Å²) in [5.74, 6) is 0.940. The summed E-state index contributed by atoms with van der Waals surface area (Å²) in [5, 5.41) is 10.4. The number of para-hydroxylation sites is 1. The van der Waals surface area contributed by atoms with E-state index in [-0.39, 0.29) is 5.60 Å². The highest BCUT2D eigenvalue weighted by Crippen LogP contribution is 2.41. The van der Waals surface area contributed by atoms with E-state index in [1.807, 2.05) is 18.3 Å². The molecule has 5 heteroatoms. The van der Waals surface area contributed by atoms with Crippen molar-refractivity contribution in [2.75, 3.05) is 13.1 Å². The first-order valence-electron chi connectivity index (χ1n) is 10.2. The summed E-state index contributed by atoms with van der Waals surface area (Å²) in [4.78, 5) is 17.3. The maximum Gasteiger partial charge on any atom is 0.407 e. The fourth-order valence-corrected chi connectivity index (χ4v) is 4.72. The van der Waals surface area contributed by atoms with E-state index in [4.69, 9.17) is 4.74 Å². The lowest BCUT2D eigenvalue weighted by Crippen LogP contribution is -2.50. The second kappa shape index (κ2) is 6.76. The molecule has 148 valence electrons. The maximum atomic E-state index is 11.2. The number of carbonyl (C=O) groups is 1. The van der Waals surface area contributed by atoms with Gasteiger partial charge in [0.25, 0.3) is 0 Å². The Morgan fingerprint density at radius 2 is 1.93 bits per heavy atom. The van der Waals surface area contributed by atoms with Crippen LogP contribution in [0.4, 0.5) is 4.79 Å². The van der Waals surface area contributed by atoms with Crippen molar-refractivity contribution in [2.45, 2.75) is 38.2 Å². The highest BCUT2D eigenvalue weighted by atomic mass is 16.5. The average Bonchev–Trinajstić information content (AvgIpc) is 2.74. The smallest absolute Gasteiger partial charge is 0.407 e. The Hall–Kier alpha value is -3.08. The van der Waals surface area contributed by atoms with E-state index in [1.54, 1.807) is 0 Å². The third-order valence-electron chi connectivity index (χ3n) is 6.54. The molecule has 1 N–H and O–H groups in total. The molecule has 29 heavy (non-hydrogen) atoms. The molecule has 1 fully saturated rings. The zero-order valence-corrected chi connectivity index (χ0v) is 16.5. The number of rotatable bonds is 1. The zero-order valence-electron chi connectivity index (χ0n) is 16.5. The van der Waals surface area contributed by atoms with Gasteiger partial charge in [0.15, 0.2) is 0 Å². The molecule has 3 heterocycles. The number of likely N-dealkylation sites (tertiary alicyclic amines) is 1. The van der Waals surface area contributed by atoms with Crippen molar-refractivity contribution in [3.8, 4) is 16.9 Å². The van der Waals surface area contributed by atoms with Crippen LogP contribution in [0, 0.1) is 6.92 Å². The molecule has 0 aliphatic carbocycles. The van der Waals surface area contributed by atoms with E-state index in [9.17, 15) is 9.90 Å². The van der Waals surface area contributed by atoms with Gasteiger partial charge in [0.2, 0.25) is 0 Å². The van der Waals surface area contributed by atoms with Gasteiger partial charge in [-0.1, -0.05) is 24.3 Å². The van der Waals surface area contributed by atoms with Crippen LogP contribution in [0.1, 0.15) is 30.4 Å². The lowest BCUT2D eigenvalue weighted by Gasteiger charge is -2.44. The van der Waals surface area contributed by atoms with E-state index in [2.05, 4.69) is 42.2 Å². The average molecular weight is 388 g/mol. The summed E-state index contributed by atoms with van der Waals surface area (Å²) in [6.45, 7) is 3.25. The molecule has 2 aromatic carbocycles. The third kappa shape index (κ3) is 3.11. The molecule has 5 rings (SSSR count). The standard InChI is InChI=1S/C24H24N2O3/c1-16-19-4-2-3-5-21(19)25-15-20(16)17-6-7-22-18(14-17)8-9-24(29-22)10-12-26(13-11-24)23(27)28/h2-7,14-15H,8-13H2,1H3,(H,27,28). The quantitative estimate of drug-likeness (QED) is 0.634. The molecule has 0 unspecified atom stereocenters. The van der Waals surface area contributed by atoms with Gasteiger partial charge in [0, 0.05) is 43.1 Å². The molecule has 0 radical (unpaired) electrons. The van der Waals surface area contributed by atoms with Crippen LogP contribution in [0.25, 0.3) is 22.0 Å². The normalized spacial score (nSPS) is 17.8. The summed E-state index contributed by atoms with van der Waals surface area (Å²) in [7, 11) is 0. The van der Waals surface area contributed by atoms with Crippen LogP contribution >= 0.6 is 0 Å². The Morgan fingerprint density at radius 3 is 2.72 bits per heavy atom. The number of fused-ring (bicyclic) bond motifs is 2. The van der Waals surface area contributed by atoms with Crippen molar-refractivity contribution in [3.63, 3.8) is 0 Å². The highest BCUT2D eigenvalue weighted by molar-refractivity contribution is 5.88. The van der Waals surface area contributed by atoms with E-state index in [0.29, 0.717) is 13.1 Å². The van der Waals surface area contributed by atoms with Gasteiger partial charge >= 0.3 is 6.09 Å². The first-order chi connectivity index (χ1) is 14.0. The summed E-state index contributed by atoms with van der Waals surface area (Å²) < 4.78 is 6.44. The molecule has 1 amide bonds.